The fraction of sp³-hybridized carbons (Fsp3) is 0.562. The number of nitro benzene ring substituents is 1. The minimum atomic E-state index is -0.435. The molecule has 6 nitrogen and oxygen atoms in total. The molecule has 0 bridgehead atoms. The van der Waals surface area contributed by atoms with Crippen LogP contribution in [0.3, 0.4) is 0 Å². The molecule has 1 fully saturated rings. The van der Waals surface area contributed by atoms with Crippen LogP contribution in [0.15, 0.2) is 18.2 Å². The standard InChI is InChI=1S/C16H23N3O3/c1-13-12-14(6-7-15(13)19(21)22)16(20)17-8-5-11-18-9-3-2-4-10-18/h6-7,12H,2-5,8-11H2,1H3,(H,17,20). The fourth-order valence-corrected chi connectivity index (χ4v) is 2.79. The van der Waals surface area contributed by atoms with Gasteiger partial charge in [-0.05, 0) is 58.0 Å². The van der Waals surface area contributed by atoms with E-state index in [2.05, 4.69) is 10.2 Å². The van der Waals surface area contributed by atoms with Crippen molar-refractivity contribution in [2.45, 2.75) is 32.6 Å². The molecule has 6 heteroatoms. The molecule has 2 rings (SSSR count). The Morgan fingerprint density at radius 2 is 2.05 bits per heavy atom. The summed E-state index contributed by atoms with van der Waals surface area (Å²) in [6.45, 7) is 5.61. The van der Waals surface area contributed by atoms with Crippen molar-refractivity contribution >= 4 is 11.6 Å². The molecule has 0 atom stereocenters. The first-order valence-electron chi connectivity index (χ1n) is 7.83. The number of hydrogen-bond acceptors (Lipinski definition) is 4. The van der Waals surface area contributed by atoms with Gasteiger partial charge in [-0.15, -0.1) is 0 Å². The summed E-state index contributed by atoms with van der Waals surface area (Å²) in [6.07, 6.45) is 4.80. The molecule has 120 valence electrons. The largest absolute Gasteiger partial charge is 0.352 e. The maximum absolute atomic E-state index is 12.0. The van der Waals surface area contributed by atoms with Gasteiger partial charge in [-0.25, -0.2) is 0 Å². The average Bonchev–Trinajstić information content (AvgIpc) is 2.52. The summed E-state index contributed by atoms with van der Waals surface area (Å²) in [6, 6.07) is 4.46. The summed E-state index contributed by atoms with van der Waals surface area (Å²) in [5.41, 5.74) is 1.02. The lowest BCUT2D eigenvalue weighted by Crippen LogP contribution is -2.33. The van der Waals surface area contributed by atoms with Crippen LogP contribution in [0.1, 0.15) is 41.6 Å². The number of nitro groups is 1. The topological polar surface area (TPSA) is 75.5 Å². The lowest BCUT2D eigenvalue weighted by molar-refractivity contribution is -0.385. The van der Waals surface area contributed by atoms with E-state index in [4.69, 9.17) is 0 Å². The summed E-state index contributed by atoms with van der Waals surface area (Å²) in [4.78, 5) is 24.8. The molecule has 0 unspecified atom stereocenters. The van der Waals surface area contributed by atoms with E-state index in [0.29, 0.717) is 17.7 Å². The van der Waals surface area contributed by atoms with Crippen LogP contribution in [0.4, 0.5) is 5.69 Å². The molecule has 1 heterocycles. The van der Waals surface area contributed by atoms with Crippen LogP contribution in [-0.4, -0.2) is 41.9 Å². The third-order valence-electron chi connectivity index (χ3n) is 4.04. The molecule has 0 aliphatic carbocycles. The second-order valence-corrected chi connectivity index (χ2v) is 5.77. The Morgan fingerprint density at radius 3 is 2.68 bits per heavy atom. The molecule has 1 amide bonds. The van der Waals surface area contributed by atoms with Crippen LogP contribution in [0.5, 0.6) is 0 Å². The second kappa shape index (κ2) is 7.89. The summed E-state index contributed by atoms with van der Waals surface area (Å²) in [5.74, 6) is -0.170. The second-order valence-electron chi connectivity index (χ2n) is 5.77. The number of piperidine rings is 1. The molecule has 0 saturated carbocycles. The van der Waals surface area contributed by atoms with Crippen LogP contribution < -0.4 is 5.32 Å². The number of amides is 1. The Hall–Kier alpha value is -1.95. The monoisotopic (exact) mass is 305 g/mol. The van der Waals surface area contributed by atoms with Crippen molar-refractivity contribution in [1.82, 2.24) is 10.2 Å². The van der Waals surface area contributed by atoms with Crippen LogP contribution >= 0.6 is 0 Å². The van der Waals surface area contributed by atoms with Crippen molar-refractivity contribution in [3.63, 3.8) is 0 Å². The van der Waals surface area contributed by atoms with Gasteiger partial charge in [-0.1, -0.05) is 6.42 Å². The lowest BCUT2D eigenvalue weighted by atomic mass is 10.1. The number of aryl methyl sites for hydroxylation is 1. The van der Waals surface area contributed by atoms with Crippen LogP contribution in [-0.2, 0) is 0 Å². The number of nitrogens with zero attached hydrogens (tertiary/aromatic N) is 2. The number of carbonyl (C=O) groups is 1. The summed E-state index contributed by atoms with van der Waals surface area (Å²) < 4.78 is 0. The van der Waals surface area contributed by atoms with Gasteiger partial charge >= 0.3 is 0 Å². The molecular formula is C16H23N3O3. The molecule has 1 aliphatic rings. The zero-order valence-electron chi connectivity index (χ0n) is 13.0. The molecular weight excluding hydrogens is 282 g/mol. The average molecular weight is 305 g/mol. The van der Waals surface area contributed by atoms with Gasteiger partial charge in [0.05, 0.1) is 4.92 Å². The molecule has 0 radical (unpaired) electrons. The maximum Gasteiger partial charge on any atom is 0.272 e. The zero-order chi connectivity index (χ0) is 15.9. The minimum Gasteiger partial charge on any atom is -0.352 e. The number of nitrogens with one attached hydrogen (secondary N) is 1. The highest BCUT2D eigenvalue weighted by atomic mass is 16.6. The first-order chi connectivity index (χ1) is 10.6. The van der Waals surface area contributed by atoms with Crippen molar-refractivity contribution in [2.75, 3.05) is 26.2 Å². The number of rotatable bonds is 6. The summed E-state index contributed by atoms with van der Waals surface area (Å²) in [7, 11) is 0. The number of hydrogen-bond donors (Lipinski definition) is 1. The molecule has 0 aromatic heterocycles. The van der Waals surface area contributed by atoms with E-state index in [1.807, 2.05) is 0 Å². The van der Waals surface area contributed by atoms with Gasteiger partial charge < -0.3 is 10.2 Å². The maximum atomic E-state index is 12.0. The highest BCUT2D eigenvalue weighted by Gasteiger charge is 2.14. The number of likely N-dealkylation sites (tertiary alicyclic amines) is 1. The molecule has 1 aromatic rings. The highest BCUT2D eigenvalue weighted by molar-refractivity contribution is 5.94. The Balaban J connectivity index is 1.77. The molecule has 1 aliphatic heterocycles. The van der Waals surface area contributed by atoms with E-state index in [9.17, 15) is 14.9 Å². The third kappa shape index (κ3) is 4.53. The first-order valence-corrected chi connectivity index (χ1v) is 7.83. The van der Waals surface area contributed by atoms with E-state index in [-0.39, 0.29) is 11.6 Å². The Labute approximate surface area is 130 Å². The normalized spacial score (nSPS) is 15.5. The predicted octanol–water partition coefficient (Wildman–Crippen LogP) is 2.51. The van der Waals surface area contributed by atoms with E-state index >= 15 is 0 Å². The van der Waals surface area contributed by atoms with E-state index < -0.39 is 4.92 Å². The lowest BCUT2D eigenvalue weighted by Gasteiger charge is -2.26. The van der Waals surface area contributed by atoms with Gasteiger partial charge in [0.25, 0.3) is 11.6 Å². The predicted molar refractivity (Wildman–Crippen MR) is 85.1 cm³/mol. The van der Waals surface area contributed by atoms with Crippen molar-refractivity contribution in [2.24, 2.45) is 0 Å². The minimum absolute atomic E-state index is 0.0432. The number of benzene rings is 1. The van der Waals surface area contributed by atoms with Gasteiger partial charge in [0, 0.05) is 23.7 Å². The van der Waals surface area contributed by atoms with Crippen molar-refractivity contribution in [3.8, 4) is 0 Å². The fourth-order valence-electron chi connectivity index (χ4n) is 2.79. The Kier molecular flexibility index (Phi) is 5.89. The van der Waals surface area contributed by atoms with Crippen molar-refractivity contribution < 1.29 is 9.72 Å². The number of carbonyl (C=O) groups excluding carboxylic acids is 1. The van der Waals surface area contributed by atoms with E-state index in [1.54, 1.807) is 13.0 Å². The van der Waals surface area contributed by atoms with Crippen LogP contribution in [0.2, 0.25) is 0 Å². The van der Waals surface area contributed by atoms with E-state index in [0.717, 1.165) is 26.1 Å². The molecule has 1 saturated heterocycles. The highest BCUT2D eigenvalue weighted by Crippen LogP contribution is 2.18. The third-order valence-corrected chi connectivity index (χ3v) is 4.04. The molecule has 22 heavy (non-hydrogen) atoms. The van der Waals surface area contributed by atoms with Crippen LogP contribution in [0.25, 0.3) is 0 Å². The Morgan fingerprint density at radius 1 is 1.32 bits per heavy atom. The van der Waals surface area contributed by atoms with Gasteiger partial charge in [-0.3, -0.25) is 14.9 Å². The SMILES string of the molecule is Cc1cc(C(=O)NCCCN2CCCCC2)ccc1[N+](=O)[O-]. The van der Waals surface area contributed by atoms with E-state index in [1.165, 1.54) is 31.4 Å². The van der Waals surface area contributed by atoms with Crippen molar-refractivity contribution in [3.05, 3.63) is 39.4 Å². The smallest absolute Gasteiger partial charge is 0.272 e. The van der Waals surface area contributed by atoms with Gasteiger partial charge in [-0.2, -0.15) is 0 Å². The quantitative estimate of drug-likeness (QED) is 0.498. The van der Waals surface area contributed by atoms with Gasteiger partial charge in [0.2, 0.25) is 0 Å². The molecule has 0 spiro atoms. The first kappa shape index (κ1) is 16.4. The van der Waals surface area contributed by atoms with Gasteiger partial charge in [0.15, 0.2) is 0 Å². The van der Waals surface area contributed by atoms with Crippen LogP contribution in [0, 0.1) is 17.0 Å². The summed E-state index contributed by atoms with van der Waals surface area (Å²) >= 11 is 0. The molecule has 1 N–H and O–H groups in total. The van der Waals surface area contributed by atoms with Gasteiger partial charge in [0.1, 0.15) is 0 Å². The summed E-state index contributed by atoms with van der Waals surface area (Å²) in [5, 5.41) is 13.6. The molecule has 1 aromatic carbocycles. The Bertz CT molecular complexity index is 539. The zero-order valence-corrected chi connectivity index (χ0v) is 13.0. The van der Waals surface area contributed by atoms with Crippen molar-refractivity contribution in [1.29, 1.82) is 0 Å².